The minimum absolute atomic E-state index is 0.00895. The molecule has 1 aliphatic heterocycles. The maximum absolute atomic E-state index is 13.7. The highest BCUT2D eigenvalue weighted by atomic mass is 32.2. The first-order chi connectivity index (χ1) is 18.9. The summed E-state index contributed by atoms with van der Waals surface area (Å²) in [5.74, 6) is -0.0764. The Morgan fingerprint density at radius 2 is 1.74 bits per heavy atom. The molecule has 204 valence electrons. The Bertz CT molecular complexity index is 1330. The Hall–Kier alpha value is -3.35. The van der Waals surface area contributed by atoms with E-state index >= 15 is 0 Å². The number of hydrogen-bond acceptors (Lipinski definition) is 4. The molecule has 39 heavy (non-hydrogen) atoms. The molecule has 0 fully saturated rings. The molecule has 1 aliphatic rings. The Morgan fingerprint density at radius 3 is 2.51 bits per heavy atom. The Balaban J connectivity index is 1.44. The molecule has 0 aliphatic carbocycles. The van der Waals surface area contributed by atoms with E-state index in [1.807, 2.05) is 53.4 Å². The molecule has 4 rings (SSSR count). The number of aryl methyl sites for hydroxylation is 2. The lowest BCUT2D eigenvalue weighted by atomic mass is 10.0. The molecule has 1 N–H and O–H groups in total. The van der Waals surface area contributed by atoms with E-state index in [1.54, 1.807) is 0 Å². The van der Waals surface area contributed by atoms with Crippen LogP contribution in [0.5, 0.6) is 0 Å². The zero-order valence-corrected chi connectivity index (χ0v) is 24.3. The molecule has 0 spiro atoms. The van der Waals surface area contributed by atoms with E-state index in [-0.39, 0.29) is 11.8 Å². The van der Waals surface area contributed by atoms with Crippen LogP contribution in [0.25, 0.3) is 6.08 Å². The second-order valence-corrected chi connectivity index (χ2v) is 11.4. The monoisotopic (exact) mass is 541 g/mol. The zero-order chi connectivity index (χ0) is 27.8. The number of nitrogens with one attached hydrogen (secondary N) is 1. The van der Waals surface area contributed by atoms with Gasteiger partial charge in [-0.2, -0.15) is 0 Å². The number of nitrogens with zero attached hydrogens (tertiary/aromatic N) is 2. The van der Waals surface area contributed by atoms with Gasteiger partial charge in [0.05, 0.1) is 17.1 Å². The van der Waals surface area contributed by atoms with Crippen LogP contribution in [-0.4, -0.2) is 43.4 Å². The van der Waals surface area contributed by atoms with Crippen molar-refractivity contribution in [3.05, 3.63) is 99.5 Å². The molecule has 3 aromatic carbocycles. The van der Waals surface area contributed by atoms with Crippen molar-refractivity contribution in [2.45, 2.75) is 51.5 Å². The highest BCUT2D eigenvalue weighted by Crippen LogP contribution is 2.42. The maximum Gasteiger partial charge on any atom is 0.265 e. The van der Waals surface area contributed by atoms with Crippen LogP contribution in [0.1, 0.15) is 58.8 Å². The van der Waals surface area contributed by atoms with Crippen LogP contribution in [0.4, 0.5) is 5.69 Å². The predicted molar refractivity (Wildman–Crippen MR) is 163 cm³/mol. The average molecular weight is 542 g/mol. The van der Waals surface area contributed by atoms with E-state index in [2.05, 4.69) is 62.3 Å². The quantitative estimate of drug-likeness (QED) is 0.213. The molecule has 3 aromatic rings. The van der Waals surface area contributed by atoms with Gasteiger partial charge >= 0.3 is 0 Å². The average Bonchev–Trinajstić information content (AvgIpc) is 2.94. The van der Waals surface area contributed by atoms with Gasteiger partial charge in [0.25, 0.3) is 11.8 Å². The number of anilines is 1. The summed E-state index contributed by atoms with van der Waals surface area (Å²) in [6.07, 6.45) is 5.24. The van der Waals surface area contributed by atoms with Gasteiger partial charge in [0, 0.05) is 17.0 Å². The van der Waals surface area contributed by atoms with Gasteiger partial charge in [0.2, 0.25) is 0 Å². The smallest absolute Gasteiger partial charge is 0.265 e. The lowest BCUT2D eigenvalue weighted by molar-refractivity contribution is -0.114. The fraction of sp³-hybridized carbons (Fsp3) is 0.333. The first kappa shape index (κ1) is 28.7. The van der Waals surface area contributed by atoms with E-state index in [9.17, 15) is 9.59 Å². The summed E-state index contributed by atoms with van der Waals surface area (Å²) in [4.78, 5) is 32.2. The van der Waals surface area contributed by atoms with Gasteiger partial charge in [0.15, 0.2) is 0 Å². The first-order valence-corrected chi connectivity index (χ1v) is 14.6. The number of benzene rings is 3. The molecule has 0 saturated carbocycles. The maximum atomic E-state index is 13.7. The van der Waals surface area contributed by atoms with Crippen LogP contribution in [0.2, 0.25) is 0 Å². The molecule has 2 amide bonds. The number of carbonyl (C=O) groups is 2. The van der Waals surface area contributed by atoms with Crippen molar-refractivity contribution in [3.63, 3.8) is 0 Å². The molecule has 5 nitrogen and oxygen atoms in total. The zero-order valence-electron chi connectivity index (χ0n) is 23.5. The standard InChI is InChI=1S/C33H39N3O2S/c1-5-6-19-35(4)20-9-18-34-32(37)27-16-14-26(15-17-27)22-31-33(38)36(29-10-7-8-11-30(29)39-31)23-28-21-24(2)12-13-25(28)3/h7-8,10-17,21-22H,5-6,9,18-20,23H2,1-4H3,(H,34,37). The van der Waals surface area contributed by atoms with E-state index in [0.717, 1.165) is 41.2 Å². The molecule has 0 radical (unpaired) electrons. The van der Waals surface area contributed by atoms with Crippen molar-refractivity contribution in [1.82, 2.24) is 10.2 Å². The fourth-order valence-electron chi connectivity index (χ4n) is 4.63. The van der Waals surface area contributed by atoms with E-state index in [1.165, 1.54) is 35.7 Å². The summed E-state index contributed by atoms with van der Waals surface area (Å²) < 4.78 is 0. The fourth-order valence-corrected chi connectivity index (χ4v) is 5.69. The predicted octanol–water partition coefficient (Wildman–Crippen LogP) is 6.84. The van der Waals surface area contributed by atoms with Crippen LogP contribution >= 0.6 is 11.8 Å². The highest BCUT2D eigenvalue weighted by molar-refractivity contribution is 8.04. The van der Waals surface area contributed by atoms with Crippen LogP contribution in [0.3, 0.4) is 0 Å². The molecule has 0 bridgehead atoms. The Morgan fingerprint density at radius 1 is 1.00 bits per heavy atom. The number of carbonyl (C=O) groups excluding carboxylic acids is 2. The van der Waals surface area contributed by atoms with Gasteiger partial charge in [0.1, 0.15) is 0 Å². The third-order valence-electron chi connectivity index (χ3n) is 7.03. The summed E-state index contributed by atoms with van der Waals surface area (Å²) in [5.41, 5.74) is 5.96. The number of amides is 2. The highest BCUT2D eigenvalue weighted by Gasteiger charge is 2.29. The van der Waals surface area contributed by atoms with Gasteiger partial charge in [-0.15, -0.1) is 0 Å². The minimum atomic E-state index is -0.0674. The van der Waals surface area contributed by atoms with Crippen LogP contribution in [0, 0.1) is 13.8 Å². The van der Waals surface area contributed by atoms with Crippen molar-refractivity contribution >= 4 is 35.3 Å². The normalized spacial score (nSPS) is 14.1. The van der Waals surface area contributed by atoms with Crippen molar-refractivity contribution < 1.29 is 9.59 Å². The molecule has 0 aromatic heterocycles. The molecule has 0 atom stereocenters. The van der Waals surface area contributed by atoms with Gasteiger partial charge in [-0.3, -0.25) is 9.59 Å². The summed E-state index contributed by atoms with van der Waals surface area (Å²) in [5, 5.41) is 3.02. The van der Waals surface area contributed by atoms with Crippen molar-refractivity contribution in [2.75, 3.05) is 31.6 Å². The number of fused-ring (bicyclic) bond motifs is 1. The Labute approximate surface area is 237 Å². The number of rotatable bonds is 11. The van der Waals surface area contributed by atoms with Crippen molar-refractivity contribution in [2.24, 2.45) is 0 Å². The summed E-state index contributed by atoms with van der Waals surface area (Å²) in [6.45, 7) is 9.61. The van der Waals surface area contributed by atoms with E-state index < -0.39 is 0 Å². The molecule has 0 saturated heterocycles. The third kappa shape index (κ3) is 7.61. The molecular weight excluding hydrogens is 502 g/mol. The van der Waals surface area contributed by atoms with Crippen molar-refractivity contribution in [1.29, 1.82) is 0 Å². The number of hydrogen-bond donors (Lipinski definition) is 1. The van der Waals surface area contributed by atoms with E-state index in [4.69, 9.17) is 0 Å². The summed E-state index contributed by atoms with van der Waals surface area (Å²) in [7, 11) is 2.13. The number of para-hydroxylation sites is 1. The molecule has 0 unspecified atom stereocenters. The number of unbranched alkanes of at least 4 members (excludes halogenated alkanes) is 1. The first-order valence-electron chi connectivity index (χ1n) is 13.8. The third-order valence-corrected chi connectivity index (χ3v) is 8.11. The van der Waals surface area contributed by atoms with Gasteiger partial charge in [-0.1, -0.05) is 73.1 Å². The largest absolute Gasteiger partial charge is 0.352 e. The lowest BCUT2D eigenvalue weighted by Crippen LogP contribution is -2.34. The number of thioether (sulfide) groups is 1. The van der Waals surface area contributed by atoms with Crippen LogP contribution in [0.15, 0.2) is 76.5 Å². The molecular formula is C33H39N3O2S. The second-order valence-electron chi connectivity index (χ2n) is 10.3. The van der Waals surface area contributed by atoms with Crippen LogP contribution < -0.4 is 10.2 Å². The topological polar surface area (TPSA) is 52.7 Å². The summed E-state index contributed by atoms with van der Waals surface area (Å²) >= 11 is 1.50. The van der Waals surface area contributed by atoms with Crippen molar-refractivity contribution in [3.8, 4) is 0 Å². The summed E-state index contributed by atoms with van der Waals surface area (Å²) in [6, 6.07) is 21.9. The van der Waals surface area contributed by atoms with Gasteiger partial charge < -0.3 is 15.1 Å². The van der Waals surface area contributed by atoms with E-state index in [0.29, 0.717) is 23.6 Å². The lowest BCUT2D eigenvalue weighted by Gasteiger charge is -2.31. The van der Waals surface area contributed by atoms with Crippen LogP contribution in [-0.2, 0) is 11.3 Å². The SMILES string of the molecule is CCCCN(C)CCCNC(=O)c1ccc(C=C2Sc3ccccc3N(Cc3cc(C)ccc3C)C2=O)cc1. The van der Waals surface area contributed by atoms with Gasteiger partial charge in [-0.05, 0) is 93.9 Å². The Kier molecular flexibility index (Phi) is 10.0. The molecule has 6 heteroatoms. The minimum Gasteiger partial charge on any atom is -0.352 e. The molecule has 1 heterocycles. The second kappa shape index (κ2) is 13.6. The van der Waals surface area contributed by atoms with Gasteiger partial charge in [-0.25, -0.2) is 0 Å².